The predicted octanol–water partition coefficient (Wildman–Crippen LogP) is 3.55. The highest BCUT2D eigenvalue weighted by Crippen LogP contribution is 2.21. The van der Waals surface area contributed by atoms with Crippen molar-refractivity contribution in [3.63, 3.8) is 0 Å². The minimum Gasteiger partial charge on any atom is -0.484 e. The van der Waals surface area contributed by atoms with Gasteiger partial charge in [-0.2, -0.15) is 5.26 Å². The van der Waals surface area contributed by atoms with Crippen LogP contribution in [0.15, 0.2) is 42.5 Å². The molecule has 1 amide bonds. The molecule has 0 aliphatic heterocycles. The van der Waals surface area contributed by atoms with E-state index in [0.717, 1.165) is 5.56 Å². The van der Waals surface area contributed by atoms with Crippen LogP contribution in [-0.2, 0) is 4.79 Å². The minimum atomic E-state index is -0.863. The molecule has 0 saturated carbocycles. The lowest BCUT2D eigenvalue weighted by atomic mass is 10.1. The maximum Gasteiger partial charge on any atom is 0.259 e. The molecule has 2 aromatic carbocycles. The number of amides is 1. The van der Waals surface area contributed by atoms with E-state index in [2.05, 4.69) is 5.32 Å². The van der Waals surface area contributed by atoms with E-state index < -0.39 is 17.8 Å². The minimum absolute atomic E-state index is 0.234. The van der Waals surface area contributed by atoms with Crippen molar-refractivity contribution in [1.82, 2.24) is 5.32 Å². The Bertz CT molecular complexity index is 741. The van der Waals surface area contributed by atoms with Crippen molar-refractivity contribution in [1.29, 1.82) is 5.26 Å². The number of nitrogens with one attached hydrogen (secondary N) is 1. The number of carbonyl (C=O) groups excluding carboxylic acids is 1. The van der Waals surface area contributed by atoms with Crippen LogP contribution in [0.2, 0.25) is 5.02 Å². The van der Waals surface area contributed by atoms with Gasteiger partial charge in [-0.25, -0.2) is 4.39 Å². The van der Waals surface area contributed by atoms with Crippen LogP contribution in [0, 0.1) is 24.1 Å². The van der Waals surface area contributed by atoms with Crippen molar-refractivity contribution in [3.8, 4) is 11.8 Å². The van der Waals surface area contributed by atoms with E-state index in [1.807, 2.05) is 13.0 Å². The van der Waals surface area contributed by atoms with E-state index in [1.54, 1.807) is 18.2 Å². The largest absolute Gasteiger partial charge is 0.484 e. The third kappa shape index (κ3) is 4.70. The van der Waals surface area contributed by atoms with Gasteiger partial charge >= 0.3 is 0 Å². The van der Waals surface area contributed by atoms with Gasteiger partial charge < -0.3 is 10.1 Å². The topological polar surface area (TPSA) is 62.1 Å². The van der Waals surface area contributed by atoms with Gasteiger partial charge in [0.25, 0.3) is 5.91 Å². The molecule has 0 spiro atoms. The zero-order chi connectivity index (χ0) is 16.8. The first-order chi connectivity index (χ1) is 11.0. The Balaban J connectivity index is 1.95. The van der Waals surface area contributed by atoms with Gasteiger partial charge in [-0.15, -0.1) is 0 Å². The summed E-state index contributed by atoms with van der Waals surface area (Å²) in [4.78, 5) is 11.9. The van der Waals surface area contributed by atoms with Crippen LogP contribution in [0.25, 0.3) is 0 Å². The second kappa shape index (κ2) is 7.61. The van der Waals surface area contributed by atoms with Gasteiger partial charge in [0.15, 0.2) is 6.61 Å². The maximum absolute atomic E-state index is 12.9. The lowest BCUT2D eigenvalue weighted by Gasteiger charge is -2.13. The molecule has 2 rings (SSSR count). The van der Waals surface area contributed by atoms with Gasteiger partial charge in [0.2, 0.25) is 0 Å². The number of benzene rings is 2. The molecule has 6 heteroatoms. The van der Waals surface area contributed by atoms with E-state index in [4.69, 9.17) is 21.6 Å². The molecule has 118 valence electrons. The van der Waals surface area contributed by atoms with E-state index in [1.165, 1.54) is 24.3 Å². The van der Waals surface area contributed by atoms with E-state index in [0.29, 0.717) is 16.3 Å². The third-order valence-corrected chi connectivity index (χ3v) is 3.37. The third-order valence-electron chi connectivity index (χ3n) is 3.13. The van der Waals surface area contributed by atoms with Gasteiger partial charge in [0.05, 0.1) is 6.07 Å². The molecule has 23 heavy (non-hydrogen) atoms. The van der Waals surface area contributed by atoms with Crippen molar-refractivity contribution < 1.29 is 13.9 Å². The average molecular weight is 333 g/mol. The molecular formula is C17H14ClFN2O2. The standard InChI is InChI=1S/C17H14ClFN2O2/c1-11-8-13(18)4-7-16(11)23-10-17(22)21-15(9-20)12-2-5-14(19)6-3-12/h2-8,15H,10H2,1H3,(H,21,22)/t15-/m1/s1. The maximum atomic E-state index is 12.9. The fourth-order valence-electron chi connectivity index (χ4n) is 1.97. The fourth-order valence-corrected chi connectivity index (χ4v) is 2.19. The molecule has 4 nitrogen and oxygen atoms in total. The molecule has 1 atom stereocenters. The summed E-state index contributed by atoms with van der Waals surface area (Å²) in [6.45, 7) is 1.58. The number of aryl methyl sites for hydroxylation is 1. The van der Waals surface area contributed by atoms with Crippen molar-refractivity contribution in [2.45, 2.75) is 13.0 Å². The van der Waals surface area contributed by atoms with Crippen molar-refractivity contribution in [3.05, 3.63) is 64.4 Å². The van der Waals surface area contributed by atoms with Crippen LogP contribution in [0.5, 0.6) is 5.75 Å². The number of carbonyl (C=O) groups is 1. The Morgan fingerprint density at radius 1 is 1.35 bits per heavy atom. The molecular weight excluding hydrogens is 319 g/mol. The van der Waals surface area contributed by atoms with E-state index in [-0.39, 0.29) is 6.61 Å². The Hall–Kier alpha value is -2.58. The number of hydrogen-bond donors (Lipinski definition) is 1. The van der Waals surface area contributed by atoms with Crippen molar-refractivity contribution in [2.75, 3.05) is 6.61 Å². The highest BCUT2D eigenvalue weighted by molar-refractivity contribution is 6.30. The summed E-state index contributed by atoms with van der Waals surface area (Å²) in [5.74, 6) is -0.312. The van der Waals surface area contributed by atoms with Gasteiger partial charge in [-0.1, -0.05) is 23.7 Å². The molecule has 1 N–H and O–H groups in total. The Morgan fingerprint density at radius 2 is 2.04 bits per heavy atom. The smallest absolute Gasteiger partial charge is 0.259 e. The first-order valence-electron chi connectivity index (χ1n) is 6.83. The summed E-state index contributed by atoms with van der Waals surface area (Å²) in [6.07, 6.45) is 0. The molecule has 0 unspecified atom stereocenters. The number of halogens is 2. The molecule has 0 bridgehead atoms. The predicted molar refractivity (Wildman–Crippen MR) is 84.6 cm³/mol. The second-order valence-corrected chi connectivity index (χ2v) is 5.32. The zero-order valence-corrected chi connectivity index (χ0v) is 13.1. The number of nitrogens with zero attached hydrogens (tertiary/aromatic N) is 1. The first-order valence-corrected chi connectivity index (χ1v) is 7.21. The molecule has 0 fully saturated rings. The second-order valence-electron chi connectivity index (χ2n) is 4.88. The van der Waals surface area contributed by atoms with Crippen LogP contribution in [-0.4, -0.2) is 12.5 Å². The number of hydrogen-bond acceptors (Lipinski definition) is 3. The van der Waals surface area contributed by atoms with Crippen LogP contribution in [0.1, 0.15) is 17.2 Å². The summed E-state index contributed by atoms with van der Waals surface area (Å²) in [6, 6.07) is 11.5. The molecule has 0 saturated heterocycles. The van der Waals surface area contributed by atoms with Crippen LogP contribution >= 0.6 is 11.6 Å². The summed E-state index contributed by atoms with van der Waals surface area (Å²) < 4.78 is 18.3. The monoisotopic (exact) mass is 332 g/mol. The van der Waals surface area contributed by atoms with Crippen LogP contribution in [0.4, 0.5) is 4.39 Å². The van der Waals surface area contributed by atoms with Gasteiger partial charge in [-0.3, -0.25) is 4.79 Å². The molecule has 0 radical (unpaired) electrons. The fraction of sp³-hybridized carbons (Fsp3) is 0.176. The normalized spacial score (nSPS) is 11.4. The highest BCUT2D eigenvalue weighted by Gasteiger charge is 2.14. The summed E-state index contributed by atoms with van der Waals surface area (Å²) in [7, 11) is 0. The summed E-state index contributed by atoms with van der Waals surface area (Å²) in [5, 5.41) is 12.3. The Kier molecular flexibility index (Phi) is 5.56. The summed E-state index contributed by atoms with van der Waals surface area (Å²) >= 11 is 5.85. The SMILES string of the molecule is Cc1cc(Cl)ccc1OCC(=O)N[C@H](C#N)c1ccc(F)cc1. The van der Waals surface area contributed by atoms with E-state index in [9.17, 15) is 9.18 Å². The molecule has 0 aromatic heterocycles. The zero-order valence-electron chi connectivity index (χ0n) is 12.3. The van der Waals surface area contributed by atoms with Gasteiger partial charge in [-0.05, 0) is 48.4 Å². The van der Waals surface area contributed by atoms with Gasteiger partial charge in [0, 0.05) is 5.02 Å². The molecule has 0 aliphatic rings. The Morgan fingerprint density at radius 3 is 2.65 bits per heavy atom. The summed E-state index contributed by atoms with van der Waals surface area (Å²) in [5.41, 5.74) is 1.31. The average Bonchev–Trinajstić information content (AvgIpc) is 2.52. The van der Waals surface area contributed by atoms with Crippen molar-refractivity contribution >= 4 is 17.5 Å². The lowest BCUT2D eigenvalue weighted by molar-refractivity contribution is -0.123. The van der Waals surface area contributed by atoms with Crippen LogP contribution < -0.4 is 10.1 Å². The molecule has 0 aliphatic carbocycles. The van der Waals surface area contributed by atoms with Crippen LogP contribution in [0.3, 0.4) is 0 Å². The highest BCUT2D eigenvalue weighted by atomic mass is 35.5. The molecule has 0 heterocycles. The number of ether oxygens (including phenoxy) is 1. The quantitative estimate of drug-likeness (QED) is 0.910. The van der Waals surface area contributed by atoms with E-state index >= 15 is 0 Å². The Labute approximate surface area is 138 Å². The number of nitriles is 1. The van der Waals surface area contributed by atoms with Crippen molar-refractivity contribution in [2.24, 2.45) is 0 Å². The van der Waals surface area contributed by atoms with Gasteiger partial charge in [0.1, 0.15) is 17.6 Å². The number of rotatable bonds is 5. The lowest BCUT2D eigenvalue weighted by Crippen LogP contribution is -2.32. The molecule has 2 aromatic rings. The first kappa shape index (κ1) is 16.8.